The van der Waals surface area contributed by atoms with Crippen LogP contribution in [0.25, 0.3) is 0 Å². The van der Waals surface area contributed by atoms with Crippen molar-refractivity contribution in [3.8, 4) is 0 Å². The Bertz CT molecular complexity index is 529. The van der Waals surface area contributed by atoms with E-state index in [1.807, 2.05) is 13.0 Å². The molecular weight excluding hydrogens is 283 g/mol. The molecule has 17 heavy (non-hydrogen) atoms. The minimum atomic E-state index is -0.238. The number of nitrogens with one attached hydrogen (secondary N) is 1. The van der Waals surface area contributed by atoms with Crippen molar-refractivity contribution in [1.29, 1.82) is 0 Å². The molecule has 0 radical (unpaired) electrons. The first kappa shape index (κ1) is 12.0. The third kappa shape index (κ3) is 3.03. The van der Waals surface area contributed by atoms with E-state index in [4.69, 9.17) is 0 Å². The summed E-state index contributed by atoms with van der Waals surface area (Å²) in [5, 5.41) is 3.27. The predicted molar refractivity (Wildman–Crippen MR) is 70.4 cm³/mol. The summed E-state index contributed by atoms with van der Waals surface area (Å²) >= 11 is 3.34. The standard InChI is InChI=1S/C13H12BrFN2/c1-9-4-5-16-8-13(9)17-7-10-2-3-11(15)6-12(10)14/h2-6,8,17H,7H2,1H3. The van der Waals surface area contributed by atoms with Gasteiger partial charge in [-0.3, -0.25) is 4.98 Å². The zero-order valence-electron chi connectivity index (χ0n) is 9.37. The molecule has 4 heteroatoms. The highest BCUT2D eigenvalue weighted by molar-refractivity contribution is 9.10. The molecule has 2 nitrogen and oxygen atoms in total. The Labute approximate surface area is 108 Å². The van der Waals surface area contributed by atoms with Crippen LogP contribution >= 0.6 is 15.9 Å². The number of aryl methyl sites for hydroxylation is 1. The van der Waals surface area contributed by atoms with Crippen LogP contribution in [0.1, 0.15) is 11.1 Å². The number of hydrogen-bond acceptors (Lipinski definition) is 2. The van der Waals surface area contributed by atoms with Gasteiger partial charge in [-0.25, -0.2) is 4.39 Å². The summed E-state index contributed by atoms with van der Waals surface area (Å²) in [6.07, 6.45) is 3.54. The van der Waals surface area contributed by atoms with E-state index in [-0.39, 0.29) is 5.82 Å². The van der Waals surface area contributed by atoms with Gasteiger partial charge in [0, 0.05) is 17.2 Å². The van der Waals surface area contributed by atoms with Crippen molar-refractivity contribution in [2.24, 2.45) is 0 Å². The number of halogens is 2. The highest BCUT2D eigenvalue weighted by atomic mass is 79.9. The minimum Gasteiger partial charge on any atom is -0.379 e. The second-order valence-electron chi connectivity index (χ2n) is 3.78. The maximum absolute atomic E-state index is 12.9. The van der Waals surface area contributed by atoms with Gasteiger partial charge in [-0.15, -0.1) is 0 Å². The van der Waals surface area contributed by atoms with Crippen LogP contribution in [-0.4, -0.2) is 4.98 Å². The predicted octanol–water partition coefficient (Wildman–Crippen LogP) is 3.90. The van der Waals surface area contributed by atoms with E-state index in [1.54, 1.807) is 18.5 Å². The first-order valence-electron chi connectivity index (χ1n) is 5.25. The first-order chi connectivity index (χ1) is 8.16. The lowest BCUT2D eigenvalue weighted by Crippen LogP contribution is -2.02. The largest absolute Gasteiger partial charge is 0.379 e. The number of nitrogens with zero attached hydrogens (tertiary/aromatic N) is 1. The fraction of sp³-hybridized carbons (Fsp3) is 0.154. The van der Waals surface area contributed by atoms with Crippen LogP contribution in [0.3, 0.4) is 0 Å². The topological polar surface area (TPSA) is 24.9 Å². The van der Waals surface area contributed by atoms with Crippen molar-refractivity contribution in [2.45, 2.75) is 13.5 Å². The Kier molecular flexibility index (Phi) is 3.74. The van der Waals surface area contributed by atoms with Crippen LogP contribution in [0.2, 0.25) is 0 Å². The van der Waals surface area contributed by atoms with E-state index >= 15 is 0 Å². The molecule has 2 aromatic rings. The van der Waals surface area contributed by atoms with E-state index < -0.39 is 0 Å². The van der Waals surface area contributed by atoms with Gasteiger partial charge in [-0.05, 0) is 36.2 Å². The molecule has 1 N–H and O–H groups in total. The summed E-state index contributed by atoms with van der Waals surface area (Å²) in [5.41, 5.74) is 3.14. The fourth-order valence-electron chi connectivity index (χ4n) is 1.50. The summed E-state index contributed by atoms with van der Waals surface area (Å²) in [7, 11) is 0. The lowest BCUT2D eigenvalue weighted by Gasteiger charge is -2.10. The van der Waals surface area contributed by atoms with Crippen molar-refractivity contribution < 1.29 is 4.39 Å². The summed E-state index contributed by atoms with van der Waals surface area (Å²) in [4.78, 5) is 4.06. The number of aromatic nitrogens is 1. The van der Waals surface area contributed by atoms with Gasteiger partial charge < -0.3 is 5.32 Å². The van der Waals surface area contributed by atoms with Crippen molar-refractivity contribution in [3.63, 3.8) is 0 Å². The molecule has 0 aliphatic carbocycles. The number of benzene rings is 1. The summed E-state index contributed by atoms with van der Waals surface area (Å²) in [6.45, 7) is 2.65. The molecule has 0 atom stereocenters. The van der Waals surface area contributed by atoms with E-state index in [9.17, 15) is 4.39 Å². The van der Waals surface area contributed by atoms with Crippen molar-refractivity contribution in [3.05, 3.63) is 58.1 Å². The summed E-state index contributed by atoms with van der Waals surface area (Å²) in [6, 6.07) is 6.63. The molecule has 1 aromatic carbocycles. The van der Waals surface area contributed by atoms with Gasteiger partial charge in [-0.1, -0.05) is 22.0 Å². The van der Waals surface area contributed by atoms with Gasteiger partial charge in [0.2, 0.25) is 0 Å². The zero-order chi connectivity index (χ0) is 12.3. The van der Waals surface area contributed by atoms with Crippen LogP contribution in [0, 0.1) is 12.7 Å². The molecule has 1 aromatic heterocycles. The molecule has 0 unspecified atom stereocenters. The van der Waals surface area contributed by atoms with Gasteiger partial charge in [0.1, 0.15) is 5.82 Å². The van der Waals surface area contributed by atoms with Crippen LogP contribution in [-0.2, 0) is 6.54 Å². The SMILES string of the molecule is Cc1ccncc1NCc1ccc(F)cc1Br. The zero-order valence-corrected chi connectivity index (χ0v) is 11.0. The quantitative estimate of drug-likeness (QED) is 0.928. The number of hydrogen-bond donors (Lipinski definition) is 1. The minimum absolute atomic E-state index is 0.238. The van der Waals surface area contributed by atoms with Crippen LogP contribution in [0.15, 0.2) is 41.1 Å². The van der Waals surface area contributed by atoms with E-state index in [0.717, 1.165) is 21.3 Å². The fourth-order valence-corrected chi connectivity index (χ4v) is 2.00. The molecule has 0 fully saturated rings. The van der Waals surface area contributed by atoms with E-state index in [0.29, 0.717) is 6.54 Å². The summed E-state index contributed by atoms with van der Waals surface area (Å²) in [5.74, 6) is -0.238. The molecular formula is C13H12BrFN2. The highest BCUT2D eigenvalue weighted by Gasteiger charge is 2.02. The number of rotatable bonds is 3. The third-order valence-corrected chi connectivity index (χ3v) is 3.26. The molecule has 1 heterocycles. The Balaban J connectivity index is 2.10. The van der Waals surface area contributed by atoms with E-state index in [1.165, 1.54) is 12.1 Å². The molecule has 0 aliphatic heterocycles. The monoisotopic (exact) mass is 294 g/mol. The Morgan fingerprint density at radius 2 is 2.18 bits per heavy atom. The molecule has 0 amide bonds. The number of anilines is 1. The normalized spacial score (nSPS) is 10.3. The Hall–Kier alpha value is -1.42. The molecule has 0 aliphatic rings. The second-order valence-corrected chi connectivity index (χ2v) is 4.63. The van der Waals surface area contributed by atoms with Crippen LogP contribution < -0.4 is 5.32 Å². The average molecular weight is 295 g/mol. The molecule has 88 valence electrons. The summed E-state index contributed by atoms with van der Waals surface area (Å²) < 4.78 is 13.7. The van der Waals surface area contributed by atoms with Gasteiger partial charge in [-0.2, -0.15) is 0 Å². The van der Waals surface area contributed by atoms with Gasteiger partial charge in [0.05, 0.1) is 11.9 Å². The maximum Gasteiger partial charge on any atom is 0.124 e. The lowest BCUT2D eigenvalue weighted by molar-refractivity contribution is 0.626. The molecule has 2 rings (SSSR count). The van der Waals surface area contributed by atoms with Crippen LogP contribution in [0.4, 0.5) is 10.1 Å². The molecule has 0 spiro atoms. The Morgan fingerprint density at radius 1 is 1.35 bits per heavy atom. The lowest BCUT2D eigenvalue weighted by atomic mass is 10.2. The van der Waals surface area contributed by atoms with Gasteiger partial charge in [0.25, 0.3) is 0 Å². The smallest absolute Gasteiger partial charge is 0.124 e. The van der Waals surface area contributed by atoms with Crippen molar-refractivity contribution in [1.82, 2.24) is 4.98 Å². The molecule has 0 saturated carbocycles. The Morgan fingerprint density at radius 3 is 2.88 bits per heavy atom. The van der Waals surface area contributed by atoms with Crippen molar-refractivity contribution >= 4 is 21.6 Å². The second kappa shape index (κ2) is 5.27. The van der Waals surface area contributed by atoms with Crippen LogP contribution in [0.5, 0.6) is 0 Å². The first-order valence-corrected chi connectivity index (χ1v) is 6.04. The number of pyridine rings is 1. The molecule has 0 saturated heterocycles. The van der Waals surface area contributed by atoms with Gasteiger partial charge >= 0.3 is 0 Å². The average Bonchev–Trinajstić information content (AvgIpc) is 2.30. The van der Waals surface area contributed by atoms with Gasteiger partial charge in [0.15, 0.2) is 0 Å². The molecule has 0 bridgehead atoms. The third-order valence-electron chi connectivity index (χ3n) is 2.52. The van der Waals surface area contributed by atoms with E-state index in [2.05, 4.69) is 26.2 Å². The highest BCUT2D eigenvalue weighted by Crippen LogP contribution is 2.20. The van der Waals surface area contributed by atoms with Crippen molar-refractivity contribution in [2.75, 3.05) is 5.32 Å². The maximum atomic E-state index is 12.9.